The third-order valence-corrected chi connectivity index (χ3v) is 5.37. The number of rotatable bonds is 3. The Hall–Kier alpha value is -2.18. The molecule has 1 saturated heterocycles. The van der Waals surface area contributed by atoms with Crippen LogP contribution in [0.15, 0.2) is 18.5 Å². The molecule has 3 rings (SSSR count). The van der Waals surface area contributed by atoms with Crippen molar-refractivity contribution in [2.75, 3.05) is 31.1 Å². The molecule has 1 saturated carbocycles. The molecule has 2 fully saturated rings. The molecular weight excluding hydrogens is 342 g/mol. The molecule has 0 atom stereocenters. The van der Waals surface area contributed by atoms with Gasteiger partial charge in [-0.15, -0.1) is 0 Å². The topological polar surface area (TPSA) is 78.4 Å². The second-order valence-electron chi connectivity index (χ2n) is 8.65. The highest BCUT2D eigenvalue weighted by Gasteiger charge is 2.34. The van der Waals surface area contributed by atoms with E-state index in [0.29, 0.717) is 13.1 Å². The van der Waals surface area contributed by atoms with Crippen molar-refractivity contribution >= 4 is 17.8 Å². The predicted molar refractivity (Wildman–Crippen MR) is 104 cm³/mol. The highest BCUT2D eigenvalue weighted by molar-refractivity contribution is 5.81. The van der Waals surface area contributed by atoms with Crippen molar-refractivity contribution in [1.82, 2.24) is 20.2 Å². The Bertz CT molecular complexity index is 642. The van der Waals surface area contributed by atoms with E-state index in [1.165, 1.54) is 0 Å². The molecule has 7 heteroatoms. The summed E-state index contributed by atoms with van der Waals surface area (Å²) in [7, 11) is 0. The number of nitrogens with zero attached hydrogens (tertiary/aromatic N) is 4. The maximum atomic E-state index is 12.9. The molecule has 0 aromatic carbocycles. The van der Waals surface area contributed by atoms with E-state index in [1.54, 1.807) is 18.5 Å². The van der Waals surface area contributed by atoms with E-state index in [1.807, 2.05) is 25.7 Å². The van der Waals surface area contributed by atoms with Crippen molar-refractivity contribution in [3.05, 3.63) is 18.5 Å². The van der Waals surface area contributed by atoms with E-state index in [2.05, 4.69) is 20.2 Å². The van der Waals surface area contributed by atoms with Gasteiger partial charge in [0, 0.05) is 55.9 Å². The quantitative estimate of drug-likeness (QED) is 0.875. The van der Waals surface area contributed by atoms with E-state index >= 15 is 0 Å². The van der Waals surface area contributed by atoms with Gasteiger partial charge in [-0.25, -0.2) is 9.97 Å². The first kappa shape index (κ1) is 19.6. The second kappa shape index (κ2) is 8.23. The van der Waals surface area contributed by atoms with Gasteiger partial charge in [-0.3, -0.25) is 9.59 Å². The van der Waals surface area contributed by atoms with Crippen LogP contribution in [-0.2, 0) is 9.59 Å². The smallest absolute Gasteiger partial charge is 0.225 e. The van der Waals surface area contributed by atoms with Gasteiger partial charge in [0.1, 0.15) is 0 Å². The maximum Gasteiger partial charge on any atom is 0.225 e. The SMILES string of the molecule is CC(C)(C)NC(=O)C1CCC(C(=O)N2CCN(c3ncccn3)CC2)CC1. The van der Waals surface area contributed by atoms with Gasteiger partial charge >= 0.3 is 0 Å². The van der Waals surface area contributed by atoms with Crippen molar-refractivity contribution in [3.8, 4) is 0 Å². The molecule has 1 aromatic heterocycles. The van der Waals surface area contributed by atoms with Gasteiger partial charge < -0.3 is 15.1 Å². The Kier molecular flexibility index (Phi) is 5.97. The van der Waals surface area contributed by atoms with Crippen LogP contribution in [0.1, 0.15) is 46.5 Å². The van der Waals surface area contributed by atoms with Crippen LogP contribution in [0.2, 0.25) is 0 Å². The highest BCUT2D eigenvalue weighted by atomic mass is 16.2. The fraction of sp³-hybridized carbons (Fsp3) is 0.700. The monoisotopic (exact) mass is 373 g/mol. The van der Waals surface area contributed by atoms with Crippen molar-refractivity contribution < 1.29 is 9.59 Å². The van der Waals surface area contributed by atoms with Crippen molar-refractivity contribution in [2.24, 2.45) is 11.8 Å². The second-order valence-corrected chi connectivity index (χ2v) is 8.65. The van der Waals surface area contributed by atoms with Gasteiger partial charge in [0.25, 0.3) is 0 Å². The van der Waals surface area contributed by atoms with Crippen LogP contribution in [0.5, 0.6) is 0 Å². The van der Waals surface area contributed by atoms with Crippen molar-refractivity contribution in [2.45, 2.75) is 52.0 Å². The molecule has 0 radical (unpaired) electrons. The number of anilines is 1. The zero-order valence-corrected chi connectivity index (χ0v) is 16.6. The van der Waals surface area contributed by atoms with E-state index in [0.717, 1.165) is 44.7 Å². The average Bonchev–Trinajstić information content (AvgIpc) is 2.67. The Morgan fingerprint density at radius 1 is 0.963 bits per heavy atom. The fourth-order valence-electron chi connectivity index (χ4n) is 3.91. The third-order valence-electron chi connectivity index (χ3n) is 5.37. The number of nitrogens with one attached hydrogen (secondary N) is 1. The van der Waals surface area contributed by atoms with Crippen LogP contribution in [0.3, 0.4) is 0 Å². The number of hydrogen-bond acceptors (Lipinski definition) is 5. The largest absolute Gasteiger partial charge is 0.351 e. The molecule has 2 amide bonds. The molecule has 2 aliphatic rings. The van der Waals surface area contributed by atoms with Gasteiger partial charge in [-0.2, -0.15) is 0 Å². The molecule has 7 nitrogen and oxygen atoms in total. The van der Waals surface area contributed by atoms with E-state index in [4.69, 9.17) is 0 Å². The van der Waals surface area contributed by atoms with Crippen molar-refractivity contribution in [3.63, 3.8) is 0 Å². The minimum absolute atomic E-state index is 0.0420. The average molecular weight is 374 g/mol. The Balaban J connectivity index is 1.45. The lowest BCUT2D eigenvalue weighted by Crippen LogP contribution is -2.51. The van der Waals surface area contributed by atoms with Crippen LogP contribution < -0.4 is 10.2 Å². The number of aromatic nitrogens is 2. The molecule has 2 heterocycles. The van der Waals surface area contributed by atoms with Crippen LogP contribution in [0, 0.1) is 11.8 Å². The molecule has 27 heavy (non-hydrogen) atoms. The van der Waals surface area contributed by atoms with Crippen LogP contribution in [-0.4, -0.2) is 58.4 Å². The maximum absolute atomic E-state index is 12.9. The summed E-state index contributed by atoms with van der Waals surface area (Å²) >= 11 is 0. The zero-order valence-electron chi connectivity index (χ0n) is 16.6. The summed E-state index contributed by atoms with van der Waals surface area (Å²) in [4.78, 5) is 37.9. The molecule has 0 spiro atoms. The lowest BCUT2D eigenvalue weighted by Gasteiger charge is -2.38. The van der Waals surface area contributed by atoms with Gasteiger partial charge in [0.15, 0.2) is 0 Å². The molecule has 1 N–H and O–H groups in total. The van der Waals surface area contributed by atoms with Gasteiger partial charge in [-0.1, -0.05) is 0 Å². The lowest BCUT2D eigenvalue weighted by molar-refractivity contribution is -0.138. The lowest BCUT2D eigenvalue weighted by atomic mass is 9.80. The Morgan fingerprint density at radius 3 is 2.07 bits per heavy atom. The number of hydrogen-bond donors (Lipinski definition) is 1. The first-order chi connectivity index (χ1) is 12.8. The summed E-state index contributed by atoms with van der Waals surface area (Å²) in [6.07, 6.45) is 6.71. The molecule has 1 aliphatic carbocycles. The number of carbonyl (C=O) groups excluding carboxylic acids is 2. The highest BCUT2D eigenvalue weighted by Crippen LogP contribution is 2.31. The first-order valence-electron chi connectivity index (χ1n) is 9.96. The number of amides is 2. The van der Waals surface area contributed by atoms with Gasteiger partial charge in [0.05, 0.1) is 0 Å². The predicted octanol–water partition coefficient (Wildman–Crippen LogP) is 1.85. The Morgan fingerprint density at radius 2 is 1.52 bits per heavy atom. The van der Waals surface area contributed by atoms with Crippen LogP contribution in [0.4, 0.5) is 5.95 Å². The van der Waals surface area contributed by atoms with Crippen LogP contribution in [0.25, 0.3) is 0 Å². The molecular formula is C20H31N5O2. The minimum Gasteiger partial charge on any atom is -0.351 e. The standard InChI is InChI=1S/C20H31N5O2/c1-20(2,3)23-17(26)15-5-7-16(8-6-15)18(27)24-11-13-25(14-12-24)19-21-9-4-10-22-19/h4,9-10,15-16H,5-8,11-14H2,1-3H3,(H,23,26). The van der Waals surface area contributed by atoms with Gasteiger partial charge in [-0.05, 0) is 52.5 Å². The third kappa shape index (κ3) is 5.17. The summed E-state index contributed by atoms with van der Waals surface area (Å²) in [5.74, 6) is 1.21. The molecule has 1 aromatic rings. The van der Waals surface area contributed by atoms with Crippen LogP contribution >= 0.6 is 0 Å². The van der Waals surface area contributed by atoms with Gasteiger partial charge in [0.2, 0.25) is 17.8 Å². The summed E-state index contributed by atoms with van der Waals surface area (Å²) in [5.41, 5.74) is -0.202. The van der Waals surface area contributed by atoms with Crippen molar-refractivity contribution in [1.29, 1.82) is 0 Å². The fourth-order valence-corrected chi connectivity index (χ4v) is 3.91. The molecule has 1 aliphatic heterocycles. The summed E-state index contributed by atoms with van der Waals surface area (Å²) in [6, 6.07) is 1.81. The Labute approximate surface area is 161 Å². The minimum atomic E-state index is -0.202. The van der Waals surface area contributed by atoms with E-state index in [-0.39, 0.29) is 29.2 Å². The first-order valence-corrected chi connectivity index (χ1v) is 9.96. The normalized spacial score (nSPS) is 23.8. The summed E-state index contributed by atoms with van der Waals surface area (Å²) in [6.45, 7) is 8.95. The van der Waals surface area contributed by atoms with E-state index in [9.17, 15) is 9.59 Å². The molecule has 0 bridgehead atoms. The van der Waals surface area contributed by atoms with E-state index < -0.39 is 0 Å². The zero-order chi connectivity index (χ0) is 19.4. The number of piperazine rings is 1. The summed E-state index contributed by atoms with van der Waals surface area (Å²) < 4.78 is 0. The molecule has 148 valence electrons. The number of carbonyl (C=O) groups is 2. The molecule has 0 unspecified atom stereocenters. The summed E-state index contributed by atoms with van der Waals surface area (Å²) in [5, 5.41) is 3.07.